The van der Waals surface area contributed by atoms with E-state index in [-0.39, 0.29) is 51.2 Å². The largest absolute Gasteiger partial charge is 1.00 e. The van der Waals surface area contributed by atoms with Crippen LogP contribution < -0.4 is 29.6 Å². The van der Waals surface area contributed by atoms with Crippen LogP contribution in [0.3, 0.4) is 0 Å². The molecule has 0 rings (SSSR count). The summed E-state index contributed by atoms with van der Waals surface area (Å²) in [6, 6.07) is 0. The van der Waals surface area contributed by atoms with Crippen molar-refractivity contribution in [2.24, 2.45) is 0 Å². The zero-order chi connectivity index (χ0) is 5.54. The predicted molar refractivity (Wildman–Crippen MR) is 36.3 cm³/mol. The molecule has 0 aliphatic rings. The molecule has 0 unspecified atom stereocenters. The van der Waals surface area contributed by atoms with E-state index in [0.717, 1.165) is 0 Å². The van der Waals surface area contributed by atoms with Crippen molar-refractivity contribution in [3.63, 3.8) is 0 Å². The van der Waals surface area contributed by atoms with Gasteiger partial charge in [-0.25, -0.2) is 0 Å². The third-order valence-electron chi connectivity index (χ3n) is 0.471. The van der Waals surface area contributed by atoms with Crippen LogP contribution in [-0.4, -0.2) is 45.1 Å². The molecule has 9 heavy (non-hydrogen) atoms. The fourth-order valence-corrected chi connectivity index (χ4v) is 0.231. The Morgan fingerprint density at radius 3 is 1.56 bits per heavy atom. The molecule has 0 heterocycles. The predicted octanol–water partition coefficient (Wildman–Crippen LogP) is -5.46. The Balaban J connectivity index is -0.000000180. The van der Waals surface area contributed by atoms with E-state index in [1.54, 1.807) is 0 Å². The normalized spacial score (nSPS) is 7.33. The van der Waals surface area contributed by atoms with E-state index in [0.29, 0.717) is 13.2 Å². The molecule has 2 N–H and O–H groups in total. The molecule has 0 aromatic heterocycles. The van der Waals surface area contributed by atoms with Gasteiger partial charge < -0.3 is 14.9 Å². The first-order chi connectivity index (χ1) is 3.41. The molecule has 0 aromatic carbocycles. The standard InChI is InChI=1S/C4H10O3.BH4.Na/c5-1-3-7-4-2-6;;/h5-6H,1-4H2;1H4;/q;-1;+1. The van der Waals surface area contributed by atoms with Crippen molar-refractivity contribution in [1.29, 1.82) is 0 Å². The quantitative estimate of drug-likeness (QED) is 0.305. The molecule has 0 radical (unpaired) electrons. The van der Waals surface area contributed by atoms with Crippen LogP contribution in [-0.2, 0) is 4.74 Å². The molecule has 0 spiro atoms. The number of hydrogen-bond donors (Lipinski definition) is 2. The average molecular weight is 144 g/mol. The van der Waals surface area contributed by atoms with E-state index in [4.69, 9.17) is 10.2 Å². The number of aliphatic hydroxyl groups excluding tert-OH is 2. The average Bonchev–Trinajstić information content (AvgIpc) is 1.69. The van der Waals surface area contributed by atoms with Gasteiger partial charge in [0.05, 0.1) is 26.4 Å². The van der Waals surface area contributed by atoms with Crippen LogP contribution in [0.25, 0.3) is 0 Å². The van der Waals surface area contributed by atoms with Crippen LogP contribution in [0, 0.1) is 0 Å². The molecule has 0 aliphatic heterocycles. The van der Waals surface area contributed by atoms with Crippen LogP contribution in [0.15, 0.2) is 0 Å². The minimum Gasteiger partial charge on any atom is -0.394 e. The van der Waals surface area contributed by atoms with Gasteiger partial charge in [-0.2, -0.15) is 0 Å². The smallest absolute Gasteiger partial charge is 0.394 e. The molecule has 0 amide bonds. The number of aliphatic hydroxyl groups is 2. The van der Waals surface area contributed by atoms with Crippen LogP contribution in [0.5, 0.6) is 0 Å². The van der Waals surface area contributed by atoms with Crippen molar-refractivity contribution in [2.45, 2.75) is 0 Å². The Morgan fingerprint density at radius 1 is 1.00 bits per heavy atom. The summed E-state index contributed by atoms with van der Waals surface area (Å²) in [7, 11) is 0. The Kier molecular flexibility index (Phi) is 29.3. The van der Waals surface area contributed by atoms with E-state index in [1.807, 2.05) is 0 Å². The molecular weight excluding hydrogens is 130 g/mol. The molecular formula is C4H14BNaO3. The summed E-state index contributed by atoms with van der Waals surface area (Å²) < 4.78 is 4.63. The molecule has 0 bridgehead atoms. The topological polar surface area (TPSA) is 49.7 Å². The maximum Gasteiger partial charge on any atom is 1.00 e. The van der Waals surface area contributed by atoms with Crippen LogP contribution in [0.4, 0.5) is 0 Å². The Hall–Kier alpha value is 0.945. The van der Waals surface area contributed by atoms with E-state index in [9.17, 15) is 0 Å². The van der Waals surface area contributed by atoms with Crippen LogP contribution in [0.1, 0.15) is 0 Å². The van der Waals surface area contributed by atoms with E-state index < -0.39 is 0 Å². The summed E-state index contributed by atoms with van der Waals surface area (Å²) >= 11 is 0. The molecule has 0 aromatic rings. The number of ether oxygens (including phenoxy) is 1. The summed E-state index contributed by atoms with van der Waals surface area (Å²) in [6.07, 6.45) is 0. The van der Waals surface area contributed by atoms with Gasteiger partial charge in [-0.3, -0.25) is 0 Å². The fraction of sp³-hybridized carbons (Fsp3) is 1.00. The summed E-state index contributed by atoms with van der Waals surface area (Å²) in [6.45, 7) is 0.696. The molecule has 0 atom stereocenters. The summed E-state index contributed by atoms with van der Waals surface area (Å²) in [4.78, 5) is 0. The van der Waals surface area contributed by atoms with Crippen LogP contribution in [0.2, 0.25) is 0 Å². The van der Waals surface area contributed by atoms with Gasteiger partial charge >= 0.3 is 29.6 Å². The SMILES string of the molecule is OCCOCCO.[BH4-].[Na+]. The molecule has 0 saturated carbocycles. The monoisotopic (exact) mass is 144 g/mol. The van der Waals surface area contributed by atoms with Gasteiger partial charge in [0.2, 0.25) is 0 Å². The van der Waals surface area contributed by atoms with E-state index in [1.165, 1.54) is 0 Å². The molecule has 3 nitrogen and oxygen atoms in total. The Bertz CT molecular complexity index is 35.0. The molecule has 5 heteroatoms. The number of rotatable bonds is 4. The first-order valence-corrected chi connectivity index (χ1v) is 2.21. The van der Waals surface area contributed by atoms with Gasteiger partial charge in [-0.15, -0.1) is 0 Å². The first kappa shape index (κ1) is 16.5. The second-order valence-corrected chi connectivity index (χ2v) is 1.06. The minimum atomic E-state index is 0. The van der Waals surface area contributed by atoms with Gasteiger partial charge in [-0.05, 0) is 0 Å². The second-order valence-electron chi connectivity index (χ2n) is 1.06. The van der Waals surface area contributed by atoms with Crippen molar-refractivity contribution in [3.05, 3.63) is 0 Å². The third-order valence-corrected chi connectivity index (χ3v) is 0.471. The Labute approximate surface area is 79.3 Å². The first-order valence-electron chi connectivity index (χ1n) is 2.21. The van der Waals surface area contributed by atoms with Gasteiger partial charge in [0.15, 0.2) is 0 Å². The van der Waals surface area contributed by atoms with E-state index >= 15 is 0 Å². The zero-order valence-electron chi connectivity index (χ0n) is 5.13. The second kappa shape index (κ2) is 16.0. The fourth-order valence-electron chi connectivity index (χ4n) is 0.231. The van der Waals surface area contributed by atoms with Crippen molar-refractivity contribution >= 4 is 8.41 Å². The molecule has 0 saturated heterocycles. The van der Waals surface area contributed by atoms with Gasteiger partial charge in [0.25, 0.3) is 0 Å². The van der Waals surface area contributed by atoms with Crippen LogP contribution >= 0.6 is 0 Å². The van der Waals surface area contributed by atoms with Gasteiger partial charge in [-0.1, -0.05) is 8.41 Å². The molecule has 0 aliphatic carbocycles. The number of hydrogen-bond acceptors (Lipinski definition) is 3. The van der Waals surface area contributed by atoms with Gasteiger partial charge in [0, 0.05) is 0 Å². The summed E-state index contributed by atoms with van der Waals surface area (Å²) in [5.41, 5.74) is 0. The molecule has 52 valence electrons. The summed E-state index contributed by atoms with van der Waals surface area (Å²) in [5, 5.41) is 16.2. The van der Waals surface area contributed by atoms with E-state index in [2.05, 4.69) is 4.74 Å². The maximum atomic E-state index is 8.09. The minimum absolute atomic E-state index is 0. The third kappa shape index (κ3) is 17.6. The van der Waals surface area contributed by atoms with Crippen molar-refractivity contribution in [1.82, 2.24) is 0 Å². The maximum absolute atomic E-state index is 8.09. The van der Waals surface area contributed by atoms with Gasteiger partial charge in [0.1, 0.15) is 0 Å². The van der Waals surface area contributed by atoms with Crippen molar-refractivity contribution in [2.75, 3.05) is 26.4 Å². The Morgan fingerprint density at radius 2 is 1.33 bits per heavy atom. The summed E-state index contributed by atoms with van der Waals surface area (Å²) in [5.74, 6) is 0. The van der Waals surface area contributed by atoms with Crippen molar-refractivity contribution < 1.29 is 44.5 Å². The van der Waals surface area contributed by atoms with Crippen molar-refractivity contribution in [3.8, 4) is 0 Å². The zero-order valence-corrected chi connectivity index (χ0v) is 7.13. The molecule has 0 fully saturated rings.